The maximum absolute atomic E-state index is 12.8. The minimum absolute atomic E-state index is 0.0241. The van der Waals surface area contributed by atoms with E-state index in [1.54, 1.807) is 29.0 Å². The van der Waals surface area contributed by atoms with Gasteiger partial charge in [0.2, 0.25) is 12.3 Å². The van der Waals surface area contributed by atoms with Crippen LogP contribution in [-0.2, 0) is 16.6 Å². The highest BCUT2D eigenvalue weighted by Gasteiger charge is 2.46. The van der Waals surface area contributed by atoms with Gasteiger partial charge >= 0.3 is 5.91 Å². The van der Waals surface area contributed by atoms with Crippen molar-refractivity contribution in [3.63, 3.8) is 0 Å². The SMILES string of the molecule is CC.CC(C)Oc1ccc(C2NNc3ccc(NC=O)cc32)cn1.CS[C@H]1CCN(C(O)(O)C(=O)N2CC=C(c3ccc(-c4ncn(C)n4)cc3)CC2)C1. The fourth-order valence-electron chi connectivity index (χ4n) is 6.41. The number of rotatable bonds is 10. The van der Waals surface area contributed by atoms with E-state index in [1.807, 2.05) is 102 Å². The molecule has 3 aliphatic heterocycles. The van der Waals surface area contributed by atoms with Gasteiger partial charge in [0.25, 0.3) is 5.91 Å². The van der Waals surface area contributed by atoms with Gasteiger partial charge in [0, 0.05) is 67.6 Å². The number of hydrogen-bond donors (Lipinski definition) is 5. The Morgan fingerprint density at radius 1 is 1.07 bits per heavy atom. The molecule has 0 aliphatic carbocycles. The van der Waals surface area contributed by atoms with Gasteiger partial charge in [0.1, 0.15) is 6.33 Å². The van der Waals surface area contributed by atoms with E-state index in [1.165, 1.54) is 9.80 Å². The summed E-state index contributed by atoms with van der Waals surface area (Å²) in [4.78, 5) is 35.0. The second-order valence-corrected chi connectivity index (χ2v) is 14.3. The normalized spacial score (nSPS) is 18.0. The van der Waals surface area contributed by atoms with Crippen LogP contribution in [0, 0.1) is 0 Å². The van der Waals surface area contributed by atoms with E-state index in [2.05, 4.69) is 31.2 Å². The molecule has 1 unspecified atom stereocenters. The van der Waals surface area contributed by atoms with E-state index in [-0.39, 0.29) is 12.1 Å². The summed E-state index contributed by atoms with van der Waals surface area (Å²) in [6, 6.07) is 17.6. The van der Waals surface area contributed by atoms with Gasteiger partial charge in [0.05, 0.1) is 17.8 Å². The predicted octanol–water partition coefficient (Wildman–Crippen LogP) is 4.66. The zero-order valence-electron chi connectivity index (χ0n) is 31.7. The summed E-state index contributed by atoms with van der Waals surface area (Å²) in [5.74, 6) is -1.78. The Morgan fingerprint density at radius 3 is 2.43 bits per heavy atom. The Hall–Kier alpha value is -4.80. The molecule has 0 saturated carbocycles. The number of aromatic nitrogens is 4. The summed E-state index contributed by atoms with van der Waals surface area (Å²) in [6.45, 7) is 9.77. The fraction of sp³-hybridized carbons (Fsp3) is 0.410. The standard InChI is InChI=1S/C21H27N5O3S.C16H18N4O2.C2H6/c1-24-14-22-19(23-24)17-5-3-15(4-6-17)16-7-10-25(11-8-16)20(27)21(28,29)26-12-9-18(13-26)30-2;1-10(2)22-15-6-3-11(8-17-15)16-13-7-12(18-9-21)4-5-14(13)19-20-16;1-2/h3-7,14,18,28-29H,8-13H2,1-2H3;3-10,16,19-20H,1-2H3,(H,18,21);1-2H3/t18-;;/m0../s1. The van der Waals surface area contributed by atoms with Crippen molar-refractivity contribution in [2.45, 2.75) is 63.8 Å². The fourth-order valence-corrected chi connectivity index (χ4v) is 7.08. The highest BCUT2D eigenvalue weighted by molar-refractivity contribution is 7.99. The van der Waals surface area contributed by atoms with E-state index in [0.717, 1.165) is 45.6 Å². The summed E-state index contributed by atoms with van der Waals surface area (Å²) in [6.07, 6.45) is 9.75. The molecule has 54 heavy (non-hydrogen) atoms. The van der Waals surface area contributed by atoms with Gasteiger partial charge in [-0.25, -0.2) is 20.3 Å². The number of aliphatic hydroxyl groups is 2. The molecule has 0 spiro atoms. The van der Waals surface area contributed by atoms with E-state index in [0.29, 0.717) is 56.0 Å². The molecule has 1 saturated heterocycles. The van der Waals surface area contributed by atoms with Gasteiger partial charge in [-0.05, 0) is 67.8 Å². The second kappa shape index (κ2) is 18.5. The molecule has 0 radical (unpaired) electrons. The molecule has 288 valence electrons. The summed E-state index contributed by atoms with van der Waals surface area (Å²) >= 11 is 1.69. The molecule has 15 heteroatoms. The molecule has 1 fully saturated rings. The smallest absolute Gasteiger partial charge is 0.309 e. The summed E-state index contributed by atoms with van der Waals surface area (Å²) in [5, 5.41) is 28.3. The molecule has 14 nitrogen and oxygen atoms in total. The van der Waals surface area contributed by atoms with Crippen LogP contribution in [0.3, 0.4) is 0 Å². The number of nitrogens with zero attached hydrogens (tertiary/aromatic N) is 6. The van der Waals surface area contributed by atoms with Crippen LogP contribution in [-0.4, -0.2) is 102 Å². The van der Waals surface area contributed by atoms with Crippen molar-refractivity contribution >= 4 is 41.0 Å². The number of likely N-dealkylation sites (tertiary alicyclic amines) is 1. The number of anilines is 2. The number of amides is 2. The van der Waals surface area contributed by atoms with Crippen LogP contribution < -0.4 is 20.9 Å². The highest BCUT2D eigenvalue weighted by atomic mass is 32.2. The van der Waals surface area contributed by atoms with Gasteiger partial charge in [-0.15, -0.1) is 0 Å². The van der Waals surface area contributed by atoms with Crippen molar-refractivity contribution in [2.75, 3.05) is 43.2 Å². The zero-order chi connectivity index (χ0) is 38.8. The number of pyridine rings is 1. The van der Waals surface area contributed by atoms with Crippen molar-refractivity contribution in [1.82, 2.24) is 35.0 Å². The molecule has 2 atom stereocenters. The monoisotopic (exact) mass is 757 g/mol. The molecule has 3 aliphatic rings. The molecule has 2 aromatic heterocycles. The first-order chi connectivity index (χ1) is 26.0. The Balaban J connectivity index is 0.000000207. The Bertz CT molecular complexity index is 1880. The van der Waals surface area contributed by atoms with Crippen molar-refractivity contribution in [3.05, 3.63) is 89.9 Å². The molecular weight excluding hydrogens is 707 g/mol. The topological polar surface area (TPSA) is 170 Å². The average molecular weight is 758 g/mol. The number of fused-ring (bicyclic) bond motifs is 1. The van der Waals surface area contributed by atoms with Gasteiger partial charge < -0.3 is 30.6 Å². The Morgan fingerprint density at radius 2 is 1.83 bits per heavy atom. The number of hydrazine groups is 1. The number of hydrogen-bond acceptors (Lipinski definition) is 12. The van der Waals surface area contributed by atoms with Crippen molar-refractivity contribution in [1.29, 1.82) is 0 Å². The largest absolute Gasteiger partial charge is 0.475 e. The molecule has 0 bridgehead atoms. The van der Waals surface area contributed by atoms with Gasteiger partial charge in [0.15, 0.2) is 5.82 Å². The average Bonchev–Trinajstić information content (AvgIpc) is 3.96. The van der Waals surface area contributed by atoms with Crippen molar-refractivity contribution in [2.24, 2.45) is 7.05 Å². The first-order valence-corrected chi connectivity index (χ1v) is 19.5. The second-order valence-electron chi connectivity index (χ2n) is 13.1. The molecule has 5 heterocycles. The third-order valence-corrected chi connectivity index (χ3v) is 10.3. The maximum Gasteiger partial charge on any atom is 0.309 e. The lowest BCUT2D eigenvalue weighted by Gasteiger charge is -2.36. The third-order valence-electron chi connectivity index (χ3n) is 9.20. The minimum atomic E-state index is -2.44. The van der Waals surface area contributed by atoms with Crippen LogP contribution >= 0.6 is 11.8 Å². The van der Waals surface area contributed by atoms with E-state index < -0.39 is 11.8 Å². The quantitative estimate of drug-likeness (QED) is 0.112. The van der Waals surface area contributed by atoms with E-state index in [4.69, 9.17) is 4.74 Å². The van der Waals surface area contributed by atoms with Crippen LogP contribution in [0.15, 0.2) is 73.2 Å². The lowest BCUT2D eigenvalue weighted by molar-refractivity contribution is -0.253. The lowest BCUT2D eigenvalue weighted by atomic mass is 9.98. The molecule has 2 amide bonds. The first-order valence-electron chi connectivity index (χ1n) is 18.2. The van der Waals surface area contributed by atoms with Crippen LogP contribution in [0.5, 0.6) is 5.88 Å². The number of nitrogens with one attached hydrogen (secondary N) is 3. The number of benzene rings is 2. The lowest BCUT2D eigenvalue weighted by Crippen LogP contribution is -2.59. The first kappa shape index (κ1) is 40.4. The number of ether oxygens (including phenoxy) is 1. The van der Waals surface area contributed by atoms with Crippen LogP contribution in [0.2, 0.25) is 0 Å². The molecular formula is C39H51N9O5S. The number of thioether (sulfide) groups is 1. The molecule has 5 N–H and O–H groups in total. The summed E-state index contributed by atoms with van der Waals surface area (Å²) in [7, 11) is 1.84. The molecule has 7 rings (SSSR count). The van der Waals surface area contributed by atoms with Crippen LogP contribution in [0.4, 0.5) is 11.4 Å². The minimum Gasteiger partial charge on any atom is -0.475 e. The molecule has 2 aromatic carbocycles. The Labute approximate surface area is 321 Å². The zero-order valence-corrected chi connectivity index (χ0v) is 32.5. The predicted molar refractivity (Wildman–Crippen MR) is 212 cm³/mol. The maximum atomic E-state index is 12.8. The summed E-state index contributed by atoms with van der Waals surface area (Å²) in [5.41, 5.74) is 13.4. The Kier molecular flexibility index (Phi) is 13.8. The van der Waals surface area contributed by atoms with Crippen molar-refractivity contribution < 1.29 is 24.5 Å². The summed E-state index contributed by atoms with van der Waals surface area (Å²) < 4.78 is 7.23. The van der Waals surface area contributed by atoms with Gasteiger partial charge in [-0.3, -0.25) is 14.3 Å². The number of carbonyl (C=O) groups is 2. The highest BCUT2D eigenvalue weighted by Crippen LogP contribution is 2.35. The van der Waals surface area contributed by atoms with E-state index >= 15 is 0 Å². The third kappa shape index (κ3) is 9.65. The van der Waals surface area contributed by atoms with Crippen molar-refractivity contribution in [3.8, 4) is 17.3 Å². The van der Waals surface area contributed by atoms with Crippen LogP contribution in [0.1, 0.15) is 63.3 Å². The van der Waals surface area contributed by atoms with Gasteiger partial charge in [-0.1, -0.05) is 50.3 Å². The molecule has 4 aromatic rings. The van der Waals surface area contributed by atoms with E-state index in [9.17, 15) is 19.8 Å². The van der Waals surface area contributed by atoms with Gasteiger partial charge in [-0.2, -0.15) is 16.9 Å². The van der Waals surface area contributed by atoms with Crippen LogP contribution in [0.25, 0.3) is 17.0 Å². The number of aryl methyl sites for hydroxylation is 1. The number of carbonyl (C=O) groups excluding carboxylic acids is 2.